The van der Waals surface area contributed by atoms with E-state index in [2.05, 4.69) is 43.0 Å². The lowest BCUT2D eigenvalue weighted by molar-refractivity contribution is 0.175. The molecule has 0 aliphatic rings. The summed E-state index contributed by atoms with van der Waals surface area (Å²) >= 11 is 0. The molecule has 0 fully saturated rings. The minimum atomic E-state index is -3.00. The Kier molecular flexibility index (Phi) is 18.2. The van der Waals surface area contributed by atoms with Gasteiger partial charge in [0.05, 0.1) is 25.5 Å². The van der Waals surface area contributed by atoms with E-state index in [-0.39, 0.29) is 12.1 Å². The maximum Gasteiger partial charge on any atom is 0.331 e. The Balaban J connectivity index is 4.47. The molecule has 14 heteroatoms. The first-order chi connectivity index (χ1) is 15.1. The molecule has 32 heavy (non-hydrogen) atoms. The van der Waals surface area contributed by atoms with Crippen LogP contribution in [0.5, 0.6) is 0 Å². The van der Waals surface area contributed by atoms with Crippen molar-refractivity contribution in [1.29, 1.82) is 0 Å². The highest BCUT2D eigenvalue weighted by atomic mass is 31.2. The number of hydrogen-bond acceptors (Lipinski definition) is 11. The Morgan fingerprint density at radius 1 is 0.688 bits per heavy atom. The molecule has 0 heterocycles. The summed E-state index contributed by atoms with van der Waals surface area (Å²) in [6.45, 7) is 11.5. The van der Waals surface area contributed by atoms with Crippen LogP contribution in [0.15, 0.2) is 0 Å². The Labute approximate surface area is 195 Å². The molecule has 11 nitrogen and oxygen atoms in total. The van der Waals surface area contributed by atoms with E-state index in [1.54, 1.807) is 0 Å². The van der Waals surface area contributed by atoms with Crippen LogP contribution in [-0.4, -0.2) is 96.9 Å². The molecule has 0 aliphatic carbocycles. The summed E-state index contributed by atoms with van der Waals surface area (Å²) in [6, 6.07) is 0.510. The molecule has 2 N–H and O–H groups in total. The summed E-state index contributed by atoms with van der Waals surface area (Å²) in [7, 11) is -1.73. The summed E-state index contributed by atoms with van der Waals surface area (Å²) in [5.41, 5.74) is 0. The fourth-order valence-electron chi connectivity index (χ4n) is 2.73. The molecule has 0 aromatic heterocycles. The minimum absolute atomic E-state index is 0.255. The Morgan fingerprint density at radius 3 is 1.31 bits per heavy atom. The van der Waals surface area contributed by atoms with Crippen LogP contribution in [0.1, 0.15) is 27.7 Å². The van der Waals surface area contributed by atoms with Crippen molar-refractivity contribution in [1.82, 2.24) is 15.3 Å². The lowest BCUT2D eigenvalue weighted by Gasteiger charge is -2.35. The summed E-state index contributed by atoms with van der Waals surface area (Å²) in [4.78, 5) is 0. The van der Waals surface area contributed by atoms with Gasteiger partial charge in [0, 0.05) is 66.7 Å². The maximum atomic E-state index is 12.0. The molecular formula is C18H44N3O8P3. The predicted octanol–water partition coefficient (Wildman–Crippen LogP) is 3.52. The van der Waals surface area contributed by atoms with Crippen molar-refractivity contribution in [3.63, 3.8) is 0 Å². The first-order valence-corrected chi connectivity index (χ1v) is 15.3. The maximum absolute atomic E-state index is 12.0. The van der Waals surface area contributed by atoms with E-state index in [0.29, 0.717) is 51.7 Å². The lowest BCUT2D eigenvalue weighted by Crippen LogP contribution is -2.35. The van der Waals surface area contributed by atoms with Crippen LogP contribution in [0, 0.1) is 0 Å². The van der Waals surface area contributed by atoms with Crippen LogP contribution in [0.4, 0.5) is 0 Å². The van der Waals surface area contributed by atoms with Crippen molar-refractivity contribution >= 4 is 23.7 Å². The van der Waals surface area contributed by atoms with E-state index in [1.165, 1.54) is 28.4 Å². The molecule has 0 bridgehead atoms. The zero-order chi connectivity index (χ0) is 24.6. The number of nitrogens with zero attached hydrogens (tertiary/aromatic N) is 1. The Morgan fingerprint density at radius 2 is 1.03 bits per heavy atom. The van der Waals surface area contributed by atoms with Crippen LogP contribution in [0.3, 0.4) is 0 Å². The Hall–Kier alpha value is 0.530. The average Bonchev–Trinajstić information content (AvgIpc) is 2.77. The molecule has 0 atom stereocenters. The van der Waals surface area contributed by atoms with Gasteiger partial charge >= 0.3 is 15.2 Å². The molecule has 0 aromatic carbocycles. The first kappa shape index (κ1) is 32.5. The van der Waals surface area contributed by atoms with E-state index < -0.39 is 23.7 Å². The largest absolute Gasteiger partial charge is 0.331 e. The van der Waals surface area contributed by atoms with Crippen LogP contribution >= 0.6 is 23.7 Å². The summed E-state index contributed by atoms with van der Waals surface area (Å²) in [5.74, 6) is 0. The molecule has 0 rings (SSSR count). The molecule has 194 valence electrons. The minimum Gasteiger partial charge on any atom is -0.321 e. The van der Waals surface area contributed by atoms with Gasteiger partial charge in [-0.05, 0) is 27.7 Å². The normalized spacial score (nSPS) is 13.2. The fraction of sp³-hybridized carbons (Fsp3) is 1.00. The molecule has 0 spiro atoms. The third kappa shape index (κ3) is 13.4. The van der Waals surface area contributed by atoms with Gasteiger partial charge in [0.1, 0.15) is 0 Å². The SMILES string of the molecule is COP(=O)(CCNCCOP(OCCNCCP(=O)(OC)OC)N(C(C)C)C(C)C)OC. The highest BCUT2D eigenvalue weighted by Crippen LogP contribution is 2.47. The van der Waals surface area contributed by atoms with Crippen molar-refractivity contribution in [2.24, 2.45) is 0 Å². The standard InChI is InChI=1S/C18H44N3O8P3/c1-17(2)21(18(3)4)30(28-13-9-19-11-15-31(22,24-5)25-6)29-14-10-20-12-16-32(23,26-7)27-8/h17-20H,9-16H2,1-8H3. The number of hydrogen-bond donors (Lipinski definition) is 2. The summed E-state index contributed by atoms with van der Waals surface area (Å²) in [6.07, 6.45) is 0.584. The van der Waals surface area contributed by atoms with E-state index in [0.717, 1.165) is 0 Å². The number of rotatable bonds is 21. The van der Waals surface area contributed by atoms with E-state index in [1.807, 2.05) is 0 Å². The molecule has 0 saturated heterocycles. The van der Waals surface area contributed by atoms with Gasteiger partial charge in [0.15, 0.2) is 0 Å². The smallest absolute Gasteiger partial charge is 0.321 e. The van der Waals surface area contributed by atoms with Crippen molar-refractivity contribution in [3.8, 4) is 0 Å². The van der Waals surface area contributed by atoms with Gasteiger partial charge < -0.3 is 37.8 Å². The predicted molar refractivity (Wildman–Crippen MR) is 130 cm³/mol. The quantitative estimate of drug-likeness (QED) is 0.170. The lowest BCUT2D eigenvalue weighted by atomic mass is 10.3. The third-order valence-electron chi connectivity index (χ3n) is 4.45. The van der Waals surface area contributed by atoms with Gasteiger partial charge in [0.2, 0.25) is 0 Å². The number of nitrogens with one attached hydrogen (secondary N) is 2. The zero-order valence-electron chi connectivity index (χ0n) is 20.9. The van der Waals surface area contributed by atoms with E-state index >= 15 is 0 Å². The monoisotopic (exact) mass is 523 g/mol. The van der Waals surface area contributed by atoms with Crippen molar-refractivity contribution in [2.75, 3.05) is 80.2 Å². The van der Waals surface area contributed by atoms with E-state index in [4.69, 9.17) is 27.1 Å². The van der Waals surface area contributed by atoms with Crippen LogP contribution in [-0.2, 0) is 36.3 Å². The molecule has 0 aliphatic heterocycles. The second kappa shape index (κ2) is 17.9. The molecule has 0 radical (unpaired) electrons. The van der Waals surface area contributed by atoms with Crippen LogP contribution < -0.4 is 10.6 Å². The average molecular weight is 523 g/mol. The molecule has 0 amide bonds. The van der Waals surface area contributed by atoms with Gasteiger partial charge in [-0.3, -0.25) is 9.13 Å². The van der Waals surface area contributed by atoms with Gasteiger partial charge in [-0.2, -0.15) is 0 Å². The molecule has 0 unspecified atom stereocenters. The second-order valence-electron chi connectivity index (χ2n) is 7.37. The van der Waals surface area contributed by atoms with Gasteiger partial charge in [0.25, 0.3) is 8.53 Å². The second-order valence-corrected chi connectivity index (χ2v) is 13.6. The van der Waals surface area contributed by atoms with Crippen molar-refractivity contribution in [2.45, 2.75) is 39.8 Å². The first-order valence-electron chi connectivity index (χ1n) is 10.7. The zero-order valence-corrected chi connectivity index (χ0v) is 23.5. The Bertz CT molecular complexity index is 510. The van der Waals surface area contributed by atoms with Gasteiger partial charge in [-0.25, -0.2) is 4.67 Å². The molecule has 0 saturated carbocycles. The summed E-state index contributed by atoms with van der Waals surface area (Å²) in [5, 5.41) is 6.38. The van der Waals surface area contributed by atoms with Crippen molar-refractivity contribution in [3.05, 3.63) is 0 Å². The summed E-state index contributed by atoms with van der Waals surface area (Å²) < 4.78 is 58.1. The highest BCUT2D eigenvalue weighted by molar-refractivity contribution is 7.54. The highest BCUT2D eigenvalue weighted by Gasteiger charge is 2.27. The van der Waals surface area contributed by atoms with Gasteiger partial charge in [-0.15, -0.1) is 0 Å². The topological polar surface area (TPSA) is 117 Å². The fourth-order valence-corrected chi connectivity index (χ4v) is 6.21. The molecule has 0 aromatic rings. The van der Waals surface area contributed by atoms with E-state index in [9.17, 15) is 9.13 Å². The van der Waals surface area contributed by atoms with Crippen molar-refractivity contribution < 1.29 is 36.3 Å². The van der Waals surface area contributed by atoms with Crippen LogP contribution in [0.2, 0.25) is 0 Å². The third-order valence-corrected chi connectivity index (χ3v) is 10.3. The van der Waals surface area contributed by atoms with Gasteiger partial charge in [-0.1, -0.05) is 0 Å². The molecular weight excluding hydrogens is 479 g/mol. The van der Waals surface area contributed by atoms with Crippen LogP contribution in [0.25, 0.3) is 0 Å².